The molecule has 1 aliphatic carbocycles. The second-order valence-corrected chi connectivity index (χ2v) is 6.12. The Labute approximate surface area is 94.4 Å². The van der Waals surface area contributed by atoms with Crippen LogP contribution in [0.4, 0.5) is 0 Å². The molecule has 2 atom stereocenters. The highest BCUT2D eigenvalue weighted by molar-refractivity contribution is 4.95. The maximum atomic E-state index is 3.57. The number of nitrogens with zero attached hydrogens (tertiary/aromatic N) is 1. The summed E-state index contributed by atoms with van der Waals surface area (Å²) in [4.78, 5) is 2.77. The van der Waals surface area contributed by atoms with Crippen LogP contribution < -0.4 is 5.32 Å². The van der Waals surface area contributed by atoms with Gasteiger partial charge in [0, 0.05) is 18.6 Å². The fraction of sp³-hybridized carbons (Fsp3) is 1.00. The molecule has 2 aliphatic rings. The number of nitrogens with one attached hydrogen (secondary N) is 1. The maximum Gasteiger partial charge on any atom is 0.0181 e. The van der Waals surface area contributed by atoms with E-state index < -0.39 is 0 Å². The Hall–Kier alpha value is -0.0800. The first-order chi connectivity index (χ1) is 7.10. The molecule has 0 aromatic rings. The summed E-state index contributed by atoms with van der Waals surface area (Å²) in [5, 5.41) is 3.57. The molecule has 2 fully saturated rings. The van der Waals surface area contributed by atoms with Crippen LogP contribution in [-0.2, 0) is 0 Å². The van der Waals surface area contributed by atoms with Crippen molar-refractivity contribution in [3.05, 3.63) is 0 Å². The molecule has 0 spiro atoms. The zero-order chi connectivity index (χ0) is 10.9. The van der Waals surface area contributed by atoms with Crippen LogP contribution in [0.25, 0.3) is 0 Å². The van der Waals surface area contributed by atoms with Gasteiger partial charge in [0.2, 0.25) is 0 Å². The van der Waals surface area contributed by atoms with Gasteiger partial charge in [0.15, 0.2) is 0 Å². The Morgan fingerprint density at radius 2 is 1.60 bits per heavy atom. The van der Waals surface area contributed by atoms with Crippen LogP contribution in [0.1, 0.15) is 40.0 Å². The van der Waals surface area contributed by atoms with Crippen molar-refractivity contribution in [1.82, 2.24) is 10.2 Å². The Morgan fingerprint density at radius 1 is 1.07 bits per heavy atom. The average molecular weight is 210 g/mol. The van der Waals surface area contributed by atoms with Crippen LogP contribution in [-0.4, -0.2) is 36.6 Å². The molecule has 0 aromatic heterocycles. The molecular formula is C13H26N2. The van der Waals surface area contributed by atoms with Gasteiger partial charge in [0.1, 0.15) is 0 Å². The van der Waals surface area contributed by atoms with Crippen molar-refractivity contribution in [1.29, 1.82) is 0 Å². The third kappa shape index (κ3) is 2.54. The lowest BCUT2D eigenvalue weighted by Gasteiger charge is -2.50. The largest absolute Gasteiger partial charge is 0.316 e. The number of hydrogen-bond donors (Lipinski definition) is 1. The Kier molecular flexibility index (Phi) is 3.36. The van der Waals surface area contributed by atoms with E-state index in [4.69, 9.17) is 0 Å². The lowest BCUT2D eigenvalue weighted by Crippen LogP contribution is -2.56. The zero-order valence-electron chi connectivity index (χ0n) is 10.6. The number of rotatable bonds is 1. The second-order valence-electron chi connectivity index (χ2n) is 6.12. The highest BCUT2D eigenvalue weighted by atomic mass is 15.2. The van der Waals surface area contributed by atoms with Crippen LogP contribution in [0, 0.1) is 11.8 Å². The summed E-state index contributed by atoms with van der Waals surface area (Å²) in [5.74, 6) is 1.60. The van der Waals surface area contributed by atoms with Crippen molar-refractivity contribution in [3.8, 4) is 0 Å². The molecule has 0 bridgehead atoms. The molecule has 15 heavy (non-hydrogen) atoms. The molecule has 2 heteroatoms. The van der Waals surface area contributed by atoms with Crippen LogP contribution in [0.3, 0.4) is 0 Å². The van der Waals surface area contributed by atoms with E-state index in [-0.39, 0.29) is 0 Å². The first-order valence-corrected chi connectivity index (χ1v) is 6.56. The Bertz CT molecular complexity index is 199. The van der Waals surface area contributed by atoms with E-state index in [2.05, 4.69) is 31.0 Å². The molecule has 2 rings (SSSR count). The van der Waals surface area contributed by atoms with Gasteiger partial charge in [0.25, 0.3) is 0 Å². The van der Waals surface area contributed by atoms with E-state index in [0.717, 1.165) is 11.8 Å². The molecule has 1 N–H and O–H groups in total. The fourth-order valence-electron chi connectivity index (χ4n) is 2.98. The quantitative estimate of drug-likeness (QED) is 0.713. The van der Waals surface area contributed by atoms with Gasteiger partial charge in [-0.3, -0.25) is 4.90 Å². The first-order valence-electron chi connectivity index (χ1n) is 6.56. The van der Waals surface area contributed by atoms with E-state index >= 15 is 0 Å². The van der Waals surface area contributed by atoms with E-state index in [0.29, 0.717) is 5.54 Å². The SMILES string of the molecule is CC1CNCC(C)CN(C2(C)CCC2)C1. The van der Waals surface area contributed by atoms with Gasteiger partial charge in [-0.15, -0.1) is 0 Å². The van der Waals surface area contributed by atoms with Crippen LogP contribution in [0.5, 0.6) is 0 Å². The van der Waals surface area contributed by atoms with Gasteiger partial charge < -0.3 is 5.32 Å². The smallest absolute Gasteiger partial charge is 0.0181 e. The van der Waals surface area contributed by atoms with Gasteiger partial charge in [0.05, 0.1) is 0 Å². The summed E-state index contributed by atoms with van der Waals surface area (Å²) in [7, 11) is 0. The topological polar surface area (TPSA) is 15.3 Å². The Balaban J connectivity index is 1.99. The molecule has 1 saturated heterocycles. The van der Waals surface area contributed by atoms with Crippen LogP contribution >= 0.6 is 0 Å². The number of hydrogen-bond acceptors (Lipinski definition) is 2. The molecule has 0 radical (unpaired) electrons. The molecular weight excluding hydrogens is 184 g/mol. The monoisotopic (exact) mass is 210 g/mol. The van der Waals surface area contributed by atoms with Crippen molar-refractivity contribution >= 4 is 0 Å². The standard InChI is InChI=1S/C13H26N2/c1-11-7-14-8-12(2)10-15(9-11)13(3)5-4-6-13/h11-12,14H,4-10H2,1-3H3. The minimum Gasteiger partial charge on any atom is -0.316 e. The molecule has 1 saturated carbocycles. The van der Waals surface area contributed by atoms with E-state index in [1.54, 1.807) is 0 Å². The maximum absolute atomic E-state index is 3.57. The normalized spacial score (nSPS) is 37.8. The second kappa shape index (κ2) is 4.42. The average Bonchev–Trinajstić information content (AvgIpc) is 2.10. The fourth-order valence-corrected chi connectivity index (χ4v) is 2.98. The summed E-state index contributed by atoms with van der Waals surface area (Å²) in [6.07, 6.45) is 4.27. The Morgan fingerprint density at radius 3 is 2.00 bits per heavy atom. The van der Waals surface area contributed by atoms with Gasteiger partial charge >= 0.3 is 0 Å². The molecule has 2 unspecified atom stereocenters. The summed E-state index contributed by atoms with van der Waals surface area (Å²) in [6, 6.07) is 0. The lowest BCUT2D eigenvalue weighted by atomic mass is 9.76. The van der Waals surface area contributed by atoms with Crippen molar-refractivity contribution in [2.24, 2.45) is 11.8 Å². The molecule has 2 nitrogen and oxygen atoms in total. The van der Waals surface area contributed by atoms with Crippen molar-refractivity contribution < 1.29 is 0 Å². The highest BCUT2D eigenvalue weighted by Gasteiger charge is 2.38. The minimum atomic E-state index is 0.542. The molecule has 1 heterocycles. The summed E-state index contributed by atoms with van der Waals surface area (Å²) in [5.41, 5.74) is 0.542. The van der Waals surface area contributed by atoms with E-state index in [9.17, 15) is 0 Å². The van der Waals surface area contributed by atoms with Crippen LogP contribution in [0.2, 0.25) is 0 Å². The molecule has 88 valence electrons. The molecule has 0 amide bonds. The zero-order valence-corrected chi connectivity index (χ0v) is 10.6. The third-order valence-corrected chi connectivity index (χ3v) is 4.24. The summed E-state index contributed by atoms with van der Waals surface area (Å²) >= 11 is 0. The highest BCUT2D eigenvalue weighted by Crippen LogP contribution is 2.38. The van der Waals surface area contributed by atoms with E-state index in [1.807, 2.05) is 0 Å². The van der Waals surface area contributed by atoms with Gasteiger partial charge in [-0.05, 0) is 51.1 Å². The van der Waals surface area contributed by atoms with Gasteiger partial charge in [-0.25, -0.2) is 0 Å². The third-order valence-electron chi connectivity index (χ3n) is 4.24. The summed E-state index contributed by atoms with van der Waals surface area (Å²) < 4.78 is 0. The van der Waals surface area contributed by atoms with E-state index in [1.165, 1.54) is 45.4 Å². The first kappa shape index (κ1) is 11.4. The van der Waals surface area contributed by atoms with Gasteiger partial charge in [-0.1, -0.05) is 13.8 Å². The summed E-state index contributed by atoms with van der Waals surface area (Å²) in [6.45, 7) is 12.2. The predicted molar refractivity (Wildman–Crippen MR) is 65.0 cm³/mol. The lowest BCUT2D eigenvalue weighted by molar-refractivity contribution is 0.00562. The molecule has 0 aromatic carbocycles. The van der Waals surface area contributed by atoms with Gasteiger partial charge in [-0.2, -0.15) is 0 Å². The molecule has 1 aliphatic heterocycles. The minimum absolute atomic E-state index is 0.542. The van der Waals surface area contributed by atoms with Crippen LogP contribution in [0.15, 0.2) is 0 Å². The predicted octanol–water partition coefficient (Wildman–Crippen LogP) is 2.11. The van der Waals surface area contributed by atoms with Crippen molar-refractivity contribution in [2.75, 3.05) is 26.2 Å². The van der Waals surface area contributed by atoms with Crippen molar-refractivity contribution in [2.45, 2.75) is 45.6 Å². The van der Waals surface area contributed by atoms with Crippen molar-refractivity contribution in [3.63, 3.8) is 0 Å².